The van der Waals surface area contributed by atoms with Gasteiger partial charge in [-0.25, -0.2) is 4.98 Å². The molecule has 1 aliphatic rings. The molecule has 1 N–H and O–H groups in total. The van der Waals surface area contributed by atoms with Crippen LogP contribution >= 0.6 is 0 Å². The maximum absolute atomic E-state index is 11.9. The number of hydrogen-bond acceptors (Lipinski definition) is 4. The van der Waals surface area contributed by atoms with E-state index < -0.39 is 0 Å². The molecule has 0 saturated heterocycles. The fourth-order valence-corrected chi connectivity index (χ4v) is 4.22. The third kappa shape index (κ3) is 3.40. The zero-order valence-electron chi connectivity index (χ0n) is 16.1. The molecule has 3 aromatic rings. The molecule has 5 heteroatoms. The number of ketones is 1. The number of aromatic nitrogens is 2. The highest BCUT2D eigenvalue weighted by atomic mass is 16.3. The van der Waals surface area contributed by atoms with Gasteiger partial charge in [0.1, 0.15) is 5.75 Å². The Hall–Kier alpha value is -3.08. The summed E-state index contributed by atoms with van der Waals surface area (Å²) in [5.41, 5.74) is 4.31. The van der Waals surface area contributed by atoms with Crippen LogP contribution < -0.4 is 4.90 Å². The van der Waals surface area contributed by atoms with Crippen LogP contribution in [0.15, 0.2) is 61.7 Å². The summed E-state index contributed by atoms with van der Waals surface area (Å²) in [5, 5.41) is 9.58. The Morgan fingerprint density at radius 2 is 1.93 bits per heavy atom. The molecule has 0 atom stereocenters. The predicted molar refractivity (Wildman–Crippen MR) is 112 cm³/mol. The number of rotatable bonds is 5. The van der Waals surface area contributed by atoms with Crippen LogP contribution in [0.25, 0.3) is 16.6 Å². The summed E-state index contributed by atoms with van der Waals surface area (Å²) in [4.78, 5) is 18.6. The first-order valence-electron chi connectivity index (χ1n) is 9.71. The number of nitrogens with zero attached hydrogens (tertiary/aromatic N) is 3. The molecule has 1 saturated carbocycles. The van der Waals surface area contributed by atoms with E-state index in [2.05, 4.69) is 35.8 Å². The van der Waals surface area contributed by atoms with Crippen molar-refractivity contribution in [1.82, 2.24) is 9.38 Å². The van der Waals surface area contributed by atoms with Gasteiger partial charge in [0.25, 0.3) is 0 Å². The maximum Gasteiger partial charge on any atom is 0.158 e. The second kappa shape index (κ2) is 7.50. The number of phenolic OH excluding ortho intramolecular Hbond substituents is 1. The first kappa shape index (κ1) is 18.3. The van der Waals surface area contributed by atoms with E-state index >= 15 is 0 Å². The molecule has 144 valence electrons. The molecule has 0 radical (unpaired) electrons. The third-order valence-corrected chi connectivity index (χ3v) is 5.93. The number of carbonyl (C=O) groups excluding carboxylic acids is 1. The van der Waals surface area contributed by atoms with Crippen molar-refractivity contribution in [3.8, 4) is 16.9 Å². The number of hydrogen-bond donors (Lipinski definition) is 1. The van der Waals surface area contributed by atoms with Gasteiger partial charge in [0, 0.05) is 30.8 Å². The van der Waals surface area contributed by atoms with Crippen molar-refractivity contribution in [1.29, 1.82) is 0 Å². The third-order valence-electron chi connectivity index (χ3n) is 5.93. The molecule has 0 aliphatic heterocycles. The van der Waals surface area contributed by atoms with Gasteiger partial charge in [0.15, 0.2) is 5.78 Å². The topological polar surface area (TPSA) is 57.8 Å². The fraction of sp³-hybridized carbons (Fsp3) is 0.304. The van der Waals surface area contributed by atoms with Gasteiger partial charge in [-0.1, -0.05) is 18.7 Å². The van der Waals surface area contributed by atoms with Gasteiger partial charge in [-0.15, -0.1) is 0 Å². The molecule has 0 bridgehead atoms. The maximum atomic E-state index is 11.9. The second-order valence-electron chi connectivity index (χ2n) is 7.57. The minimum atomic E-state index is 0.125. The second-order valence-corrected chi connectivity index (χ2v) is 7.57. The zero-order valence-corrected chi connectivity index (χ0v) is 16.1. The van der Waals surface area contributed by atoms with E-state index in [0.717, 1.165) is 48.0 Å². The summed E-state index contributed by atoms with van der Waals surface area (Å²) in [5.74, 6) is 0.560. The molecule has 5 nitrogen and oxygen atoms in total. The quantitative estimate of drug-likeness (QED) is 0.669. The molecule has 0 unspecified atom stereocenters. The van der Waals surface area contributed by atoms with Crippen molar-refractivity contribution in [2.75, 3.05) is 11.9 Å². The lowest BCUT2D eigenvalue weighted by atomic mass is 9.83. The first-order valence-corrected chi connectivity index (χ1v) is 9.71. The van der Waals surface area contributed by atoms with E-state index in [9.17, 15) is 9.90 Å². The Bertz CT molecular complexity index is 998. The van der Waals surface area contributed by atoms with Crippen LogP contribution in [-0.2, 0) is 4.79 Å². The van der Waals surface area contributed by atoms with Crippen molar-refractivity contribution < 1.29 is 9.90 Å². The molecule has 28 heavy (non-hydrogen) atoms. The molecule has 0 spiro atoms. The van der Waals surface area contributed by atoms with Crippen LogP contribution in [0.5, 0.6) is 5.75 Å². The molecule has 0 amide bonds. The number of fused-ring (bicyclic) bond motifs is 1. The average molecular weight is 375 g/mol. The summed E-state index contributed by atoms with van der Waals surface area (Å²) in [7, 11) is 2.13. The van der Waals surface area contributed by atoms with Crippen LogP contribution in [-0.4, -0.2) is 33.4 Å². The summed E-state index contributed by atoms with van der Waals surface area (Å²) < 4.78 is 2.04. The lowest BCUT2D eigenvalue weighted by molar-refractivity contribution is -0.119. The minimum Gasteiger partial charge on any atom is -0.508 e. The number of aromatic hydroxyl groups is 1. The van der Waals surface area contributed by atoms with Crippen molar-refractivity contribution in [3.63, 3.8) is 0 Å². The molecule has 2 heterocycles. The predicted octanol–water partition coefficient (Wildman–Crippen LogP) is 4.46. The number of phenols is 1. The SMILES string of the molecule is C=CC(=O)C1CCC(N(C)c2cc(-c3ccc(O)cc3)cn3cncc23)CC1. The average Bonchev–Trinajstić information content (AvgIpc) is 3.21. The Morgan fingerprint density at radius 1 is 1.21 bits per heavy atom. The van der Waals surface area contributed by atoms with Gasteiger partial charge >= 0.3 is 0 Å². The van der Waals surface area contributed by atoms with Crippen molar-refractivity contribution in [3.05, 3.63) is 61.7 Å². The van der Waals surface area contributed by atoms with Crippen molar-refractivity contribution >= 4 is 17.0 Å². The molecule has 2 aromatic heterocycles. The van der Waals surface area contributed by atoms with E-state index in [1.807, 2.05) is 29.1 Å². The standard InChI is InChI=1S/C23H25N3O2/c1-3-23(28)17-4-8-19(9-5-17)25(2)21-12-18(14-26-15-24-13-22(21)26)16-6-10-20(27)11-7-16/h3,6-7,10-15,17,19,27H,1,4-5,8-9H2,2H3. The molecular formula is C23H25N3O2. The van der Waals surface area contributed by atoms with E-state index in [0.29, 0.717) is 6.04 Å². The van der Waals surface area contributed by atoms with Crippen LogP contribution in [0.4, 0.5) is 5.69 Å². The number of pyridine rings is 1. The number of benzene rings is 1. The largest absolute Gasteiger partial charge is 0.508 e. The molecule has 1 aliphatic carbocycles. The van der Waals surface area contributed by atoms with Crippen molar-refractivity contribution in [2.24, 2.45) is 5.92 Å². The van der Waals surface area contributed by atoms with Gasteiger partial charge in [-0.05, 0) is 55.5 Å². The van der Waals surface area contributed by atoms with Gasteiger partial charge in [0.05, 0.1) is 23.7 Å². The summed E-state index contributed by atoms with van der Waals surface area (Å²) in [6, 6.07) is 9.82. The molecule has 4 rings (SSSR count). The number of carbonyl (C=O) groups is 1. The highest BCUT2D eigenvalue weighted by molar-refractivity contribution is 5.91. The minimum absolute atomic E-state index is 0.125. The summed E-state index contributed by atoms with van der Waals surface area (Å²) in [6.45, 7) is 3.62. The highest BCUT2D eigenvalue weighted by Crippen LogP contribution is 2.34. The van der Waals surface area contributed by atoms with Gasteiger partial charge in [-0.3, -0.25) is 4.79 Å². The normalized spacial score (nSPS) is 19.5. The Kier molecular flexibility index (Phi) is 4.90. The van der Waals surface area contributed by atoms with Gasteiger partial charge < -0.3 is 14.4 Å². The molecule has 1 fully saturated rings. The van der Waals surface area contributed by atoms with Crippen LogP contribution in [0, 0.1) is 5.92 Å². The van der Waals surface area contributed by atoms with Crippen molar-refractivity contribution in [2.45, 2.75) is 31.7 Å². The van der Waals surface area contributed by atoms with Gasteiger partial charge in [-0.2, -0.15) is 0 Å². The van der Waals surface area contributed by atoms with Crippen LogP contribution in [0.1, 0.15) is 25.7 Å². The van der Waals surface area contributed by atoms with E-state index in [1.165, 1.54) is 6.08 Å². The lowest BCUT2D eigenvalue weighted by Gasteiger charge is -2.35. The van der Waals surface area contributed by atoms with Gasteiger partial charge in [0.2, 0.25) is 0 Å². The zero-order chi connectivity index (χ0) is 19.7. The Morgan fingerprint density at radius 3 is 2.61 bits per heavy atom. The smallest absolute Gasteiger partial charge is 0.158 e. The first-order chi connectivity index (χ1) is 13.6. The molecular weight excluding hydrogens is 350 g/mol. The van der Waals surface area contributed by atoms with E-state index in [-0.39, 0.29) is 17.5 Å². The van der Waals surface area contributed by atoms with Crippen LogP contribution in [0.2, 0.25) is 0 Å². The Balaban J connectivity index is 1.64. The van der Waals surface area contributed by atoms with Crippen LogP contribution in [0.3, 0.4) is 0 Å². The summed E-state index contributed by atoms with van der Waals surface area (Å²) >= 11 is 0. The number of anilines is 1. The number of imidazole rings is 1. The summed E-state index contributed by atoms with van der Waals surface area (Å²) in [6.07, 6.45) is 11.0. The highest BCUT2D eigenvalue weighted by Gasteiger charge is 2.28. The Labute approximate surface area is 164 Å². The lowest BCUT2D eigenvalue weighted by Crippen LogP contribution is -2.36. The molecule has 1 aromatic carbocycles. The number of allylic oxidation sites excluding steroid dienone is 1. The van der Waals surface area contributed by atoms with E-state index in [4.69, 9.17) is 0 Å². The van der Waals surface area contributed by atoms with E-state index in [1.54, 1.807) is 12.1 Å². The monoisotopic (exact) mass is 375 g/mol. The fourth-order valence-electron chi connectivity index (χ4n) is 4.22.